The zero-order valence-electron chi connectivity index (χ0n) is 83.2. The predicted molar refractivity (Wildman–Crippen MR) is 551 cm³/mol. The molecule has 0 spiro atoms. The number of hydrogen-bond donors (Lipinski definition) is 6. The molecule has 38 heteroatoms. The van der Waals surface area contributed by atoms with Gasteiger partial charge < -0.3 is 54.9 Å². The standard InChI is InChI=1S/4C19H20N2O4.2C17H15FN2O4/c4*1-3-8-14(13-9-6-5-7-10-13)24-19-20-17(23)16-12(4-2)11-15(22)25-18(16)21-19;2*1-3-10-8-13(21)24-16-14(10)15(22)19-17(20-16)23-9(2)11-6-4-5-7-12(11)18/h4*5-7,9-11,14H,3-4,8H2,1-2H3,(H,20,21,23);2*4-9H,3H2,1-2H3,(H,19,20,22)/t4*14-;2*9-/m110011/s1. The second kappa shape index (κ2) is 51.1. The van der Waals surface area contributed by atoms with E-state index in [4.69, 9.17) is 54.9 Å². The second-order valence-corrected chi connectivity index (χ2v) is 33.8. The molecule has 148 heavy (non-hydrogen) atoms. The molecule has 0 amide bonds. The highest BCUT2D eigenvalue weighted by atomic mass is 19.1. The largest absolute Gasteiger partial charge is 0.457 e. The molecular formula is C110H110F2N12O24. The van der Waals surface area contributed by atoms with Gasteiger partial charge in [-0.05, 0) is 146 Å². The van der Waals surface area contributed by atoms with Crippen molar-refractivity contribution in [3.8, 4) is 36.1 Å². The minimum atomic E-state index is -0.687. The van der Waals surface area contributed by atoms with E-state index in [1.807, 2.05) is 163 Å². The van der Waals surface area contributed by atoms with Crippen molar-refractivity contribution in [2.45, 2.75) is 210 Å². The van der Waals surface area contributed by atoms with Gasteiger partial charge in [-0.15, -0.1) is 0 Å². The Kier molecular flexibility index (Phi) is 37.3. The van der Waals surface area contributed by atoms with Gasteiger partial charge in [0.2, 0.25) is 34.3 Å². The summed E-state index contributed by atoms with van der Waals surface area (Å²) in [5.74, 6) is -0.846. The van der Waals surface area contributed by atoms with E-state index in [0.29, 0.717) is 105 Å². The molecule has 0 aliphatic rings. The lowest BCUT2D eigenvalue weighted by atomic mass is 10.1. The number of H-pyrrole nitrogens is 6. The first-order chi connectivity index (χ1) is 71.5. The molecule has 0 bridgehead atoms. The number of hydrogen-bond acceptors (Lipinski definition) is 30. The summed E-state index contributed by atoms with van der Waals surface area (Å²) in [6.45, 7) is 22.6. The van der Waals surface area contributed by atoms with Crippen LogP contribution in [0, 0.1) is 11.6 Å². The van der Waals surface area contributed by atoms with Gasteiger partial charge in [0.05, 0.1) is 0 Å². The number of fused-ring (bicyclic) bond motifs is 6. The lowest BCUT2D eigenvalue weighted by Crippen LogP contribution is -2.17. The summed E-state index contributed by atoms with van der Waals surface area (Å²) in [4.78, 5) is 185. The molecule has 6 atom stereocenters. The van der Waals surface area contributed by atoms with Crippen LogP contribution in [-0.2, 0) is 38.5 Å². The fourth-order valence-electron chi connectivity index (χ4n) is 16.3. The maximum absolute atomic E-state index is 13.8. The number of rotatable bonds is 32. The quantitative estimate of drug-likeness (QED) is 0.0228. The lowest BCUT2D eigenvalue weighted by Gasteiger charge is -2.18. The van der Waals surface area contributed by atoms with E-state index in [9.17, 15) is 66.3 Å². The van der Waals surface area contributed by atoms with Gasteiger partial charge in [-0.3, -0.25) is 58.7 Å². The summed E-state index contributed by atoms with van der Waals surface area (Å²) >= 11 is 0. The Morgan fingerprint density at radius 1 is 0.243 bits per heavy atom. The zero-order chi connectivity index (χ0) is 106. The Bertz CT molecular complexity index is 7650. The average Bonchev–Trinajstić information content (AvgIpc) is 0.805. The number of aryl methyl sites for hydroxylation is 6. The van der Waals surface area contributed by atoms with Gasteiger partial charge in [-0.25, -0.2) is 37.5 Å². The van der Waals surface area contributed by atoms with Crippen molar-refractivity contribution in [3.05, 3.63) is 409 Å². The van der Waals surface area contributed by atoms with Crippen molar-refractivity contribution in [2.75, 3.05) is 0 Å². The van der Waals surface area contributed by atoms with Gasteiger partial charge in [-0.2, -0.15) is 29.9 Å². The van der Waals surface area contributed by atoms with Crippen molar-refractivity contribution >= 4 is 66.6 Å². The van der Waals surface area contributed by atoms with E-state index >= 15 is 0 Å². The normalized spacial score (nSPS) is 12.3. The van der Waals surface area contributed by atoms with E-state index in [0.717, 1.165) is 73.6 Å². The minimum absolute atomic E-state index is 0.00594. The molecule has 12 heterocycles. The van der Waals surface area contributed by atoms with Crippen LogP contribution in [-0.4, -0.2) is 59.8 Å². The van der Waals surface area contributed by atoms with E-state index in [2.05, 4.69) is 87.5 Å². The number of nitrogens with zero attached hydrogens (tertiary/aromatic N) is 6. The first kappa shape index (κ1) is 108. The molecule has 0 fully saturated rings. The van der Waals surface area contributed by atoms with Gasteiger partial charge in [0.1, 0.15) is 80.6 Å². The van der Waals surface area contributed by atoms with Crippen LogP contribution in [0.3, 0.4) is 0 Å². The summed E-state index contributed by atoms with van der Waals surface area (Å²) < 4.78 is 92.7. The SMILES string of the molecule is CCC[C@@H](Oc1nc2oc(=O)cc(CC)c2c(=O)[nH]1)c1ccccc1.CCC[C@@H](Oc1nc2oc(=O)cc(CC)c2c(=O)[nH]1)c1ccccc1.CCC[C@H](Oc1nc2oc(=O)cc(CC)c2c(=O)[nH]1)c1ccccc1.CCC[C@H](Oc1nc2oc(=O)cc(CC)c2c(=O)[nH]1)c1ccccc1.CCc1cc(=O)oc2nc(O[C@H](C)c3ccccc3F)[nH]c(=O)c12.CCc1cc(=O)oc2nc(O[C@H](C)c3ccccc3F)[nH]c(=O)c12. The van der Waals surface area contributed by atoms with Gasteiger partial charge in [-0.1, -0.05) is 253 Å². The molecule has 0 aliphatic heterocycles. The highest BCUT2D eigenvalue weighted by Gasteiger charge is 2.26. The molecule has 18 rings (SSSR count). The number of halogens is 2. The van der Waals surface area contributed by atoms with Crippen LogP contribution < -0.4 is 95.5 Å². The van der Waals surface area contributed by atoms with Crippen LogP contribution in [0.4, 0.5) is 8.78 Å². The number of ether oxygens (including phenoxy) is 6. The molecule has 768 valence electrons. The third kappa shape index (κ3) is 27.3. The summed E-state index contributed by atoms with van der Waals surface area (Å²) in [6.07, 6.45) is 7.48. The fourth-order valence-corrected chi connectivity index (χ4v) is 16.3. The second-order valence-electron chi connectivity index (χ2n) is 33.8. The van der Waals surface area contributed by atoms with Crippen LogP contribution in [0.1, 0.15) is 238 Å². The Morgan fingerprint density at radius 3 is 0.581 bits per heavy atom. The van der Waals surface area contributed by atoms with Crippen molar-refractivity contribution in [1.82, 2.24) is 59.8 Å². The Labute approximate surface area is 840 Å². The highest BCUT2D eigenvalue weighted by molar-refractivity contribution is 5.80. The minimum Gasteiger partial charge on any atom is -0.457 e. The van der Waals surface area contributed by atoms with Crippen molar-refractivity contribution < 1.29 is 63.7 Å². The Hall–Kier alpha value is -17.5. The third-order valence-corrected chi connectivity index (χ3v) is 23.5. The summed E-state index contributed by atoms with van der Waals surface area (Å²) in [6, 6.07) is 59.0. The molecule has 0 saturated carbocycles. The molecule has 0 radical (unpaired) electrons. The van der Waals surface area contributed by atoms with Crippen molar-refractivity contribution in [1.29, 1.82) is 0 Å². The van der Waals surface area contributed by atoms with Gasteiger partial charge >= 0.3 is 33.8 Å². The topological polar surface area (TPSA) is 511 Å². The van der Waals surface area contributed by atoms with Gasteiger partial charge in [0.25, 0.3) is 69.4 Å². The molecule has 12 aromatic heterocycles. The maximum Gasteiger partial charge on any atom is 0.337 e. The Morgan fingerprint density at radius 2 is 0.412 bits per heavy atom. The molecule has 18 aromatic rings. The molecule has 0 aliphatic carbocycles. The number of nitrogens with one attached hydrogen (secondary N) is 6. The first-order valence-corrected chi connectivity index (χ1v) is 48.6. The summed E-state index contributed by atoms with van der Waals surface area (Å²) in [5, 5.41) is 1.59. The van der Waals surface area contributed by atoms with E-state index in [-0.39, 0.29) is 128 Å². The molecule has 0 saturated heterocycles. The van der Waals surface area contributed by atoms with E-state index in [1.165, 1.54) is 48.5 Å². The van der Waals surface area contributed by atoms with Crippen molar-refractivity contribution in [3.63, 3.8) is 0 Å². The Balaban J connectivity index is 0.000000148. The molecule has 6 N–H and O–H groups in total. The van der Waals surface area contributed by atoms with Crippen LogP contribution in [0.15, 0.2) is 290 Å². The highest BCUT2D eigenvalue weighted by Crippen LogP contribution is 2.32. The number of aromatic nitrogens is 12. The van der Waals surface area contributed by atoms with Gasteiger partial charge in [0, 0.05) is 47.5 Å². The van der Waals surface area contributed by atoms with E-state index < -0.39 is 68.7 Å². The van der Waals surface area contributed by atoms with Crippen LogP contribution >= 0.6 is 0 Å². The van der Waals surface area contributed by atoms with Crippen LogP contribution in [0.5, 0.6) is 36.1 Å². The van der Waals surface area contributed by atoms with Crippen LogP contribution in [0.2, 0.25) is 0 Å². The van der Waals surface area contributed by atoms with Gasteiger partial charge in [0.15, 0.2) is 0 Å². The predicted octanol–water partition coefficient (Wildman–Crippen LogP) is 18.9. The molecule has 36 nitrogen and oxygen atoms in total. The maximum atomic E-state index is 13.8. The van der Waals surface area contributed by atoms with Crippen LogP contribution in [0.25, 0.3) is 66.6 Å². The summed E-state index contributed by atoms with van der Waals surface area (Å²) in [5.41, 5.74) is 2.27. The average molecular weight is 2020 g/mol. The lowest BCUT2D eigenvalue weighted by molar-refractivity contribution is 0.176. The number of aromatic amines is 6. The third-order valence-electron chi connectivity index (χ3n) is 23.5. The monoisotopic (exact) mass is 2020 g/mol. The summed E-state index contributed by atoms with van der Waals surface area (Å²) in [7, 11) is 0. The zero-order valence-corrected chi connectivity index (χ0v) is 83.2. The number of benzene rings is 6. The smallest absolute Gasteiger partial charge is 0.337 e. The first-order valence-electron chi connectivity index (χ1n) is 48.6. The molecular weight excluding hydrogens is 1910 g/mol. The molecule has 0 unspecified atom stereocenters. The van der Waals surface area contributed by atoms with E-state index in [1.54, 1.807) is 50.2 Å². The van der Waals surface area contributed by atoms with Crippen molar-refractivity contribution in [2.24, 2.45) is 0 Å². The fraction of sp³-hybridized carbons (Fsp3) is 0.291. The molecule has 6 aromatic carbocycles.